The number of rotatable bonds is 25. The summed E-state index contributed by atoms with van der Waals surface area (Å²) in [5, 5.41) is 282. The number of aliphatic hydroxyl groups is 24. The average Bonchev–Trinajstić information content (AvgIpc) is 3.81. The molecule has 50 nitrogen and oxygen atoms in total. The van der Waals surface area contributed by atoms with E-state index in [2.05, 4.69) is 85.5 Å². The lowest BCUT2D eigenvalue weighted by Gasteiger charge is -1.70. The number of carbonyl (C=O) groups is 13. The molecule has 0 heterocycles. The molecule has 0 unspecified atom stereocenters. The van der Waals surface area contributed by atoms with Crippen molar-refractivity contribution in [3.8, 4) is 0 Å². The third kappa shape index (κ3) is 1370. The van der Waals surface area contributed by atoms with Crippen molar-refractivity contribution in [3.05, 3.63) is 165 Å². The molecule has 50 heteroatoms. The first-order chi connectivity index (χ1) is 52.5. The number of carboxylic acid groups (broad SMARTS) is 13. The predicted molar refractivity (Wildman–Crippen MR) is 402 cm³/mol. The maximum atomic E-state index is 9.25. The van der Waals surface area contributed by atoms with Crippen molar-refractivity contribution in [2.24, 2.45) is 0 Å². The van der Waals surface area contributed by atoms with Gasteiger partial charge in [0.1, 0.15) is 0 Å². The van der Waals surface area contributed by atoms with Crippen molar-refractivity contribution in [2.45, 2.75) is 0 Å². The van der Waals surface area contributed by atoms with Gasteiger partial charge >= 0.3 is 77.6 Å². The van der Waals surface area contributed by atoms with Gasteiger partial charge in [-0.15, -0.1) is 0 Å². The predicted octanol–water partition coefficient (Wildman–Crippen LogP) is -9.01. The molecule has 0 saturated carbocycles. The monoisotopic (exact) mass is 1680 g/mol. The molecule has 0 fully saturated rings. The first kappa shape index (κ1) is 175. The fourth-order valence-corrected chi connectivity index (χ4v) is 0. The summed E-state index contributed by atoms with van der Waals surface area (Å²) in [6.45, 7) is 35.5. The van der Waals surface area contributed by atoms with E-state index in [0.29, 0.717) is 0 Å². The Hall–Kier alpha value is -11.2. The van der Waals surface area contributed by atoms with Crippen molar-refractivity contribution < 1.29 is 251 Å². The number of hydrogen-bond donors (Lipinski definition) is 37. The molecule has 0 saturated heterocycles. The van der Waals surface area contributed by atoms with Crippen LogP contribution in [-0.4, -0.2) is 425 Å². The van der Waals surface area contributed by atoms with E-state index in [1.165, 1.54) is 0 Å². The smallest absolute Gasteiger partial charge is 0.327 e. The van der Waals surface area contributed by atoms with Crippen LogP contribution in [0.4, 0.5) is 0 Å². The summed E-state index contributed by atoms with van der Waals surface area (Å²) in [6.07, 6.45) is 10.8. The van der Waals surface area contributed by atoms with Crippen LogP contribution >= 0.6 is 0 Å². The highest BCUT2D eigenvalue weighted by Crippen LogP contribution is 1.61. The van der Waals surface area contributed by atoms with Gasteiger partial charge in [0.2, 0.25) is 0 Å². The molecule has 0 aliphatic carbocycles. The van der Waals surface area contributed by atoms with Crippen LogP contribution in [0.1, 0.15) is 0 Å². The minimum atomic E-state index is -0.981. The van der Waals surface area contributed by atoms with E-state index in [-0.39, 0.29) is 159 Å². The van der Waals surface area contributed by atoms with Gasteiger partial charge in [-0.25, -0.2) is 62.3 Å². The van der Waals surface area contributed by atoms with Gasteiger partial charge < -0.3 is 189 Å². The Bertz CT molecular complexity index is 1500. The van der Waals surface area contributed by atoms with Gasteiger partial charge in [-0.2, -0.15) is 0 Å². The van der Waals surface area contributed by atoms with Crippen LogP contribution in [0.25, 0.3) is 0 Å². The second-order valence-corrected chi connectivity index (χ2v) is 12.4. The van der Waals surface area contributed by atoms with Gasteiger partial charge in [0.15, 0.2) is 0 Å². The average molecular weight is 1680 g/mol. The van der Waals surface area contributed by atoms with E-state index >= 15 is 0 Å². The van der Waals surface area contributed by atoms with Gasteiger partial charge in [-0.05, 0) is 0 Å². The third-order valence-corrected chi connectivity index (χ3v) is 3.47. The lowest BCUT2D eigenvalue weighted by Crippen LogP contribution is -1.85. The highest BCUT2D eigenvalue weighted by Gasteiger charge is 1.79. The van der Waals surface area contributed by atoms with Crippen LogP contribution < -0.4 is 0 Å². The lowest BCUT2D eigenvalue weighted by molar-refractivity contribution is -0.132. The fourth-order valence-electron chi connectivity index (χ4n) is 0. The van der Waals surface area contributed by atoms with Crippen LogP contribution in [0.2, 0.25) is 0 Å². The van der Waals surface area contributed by atoms with Crippen molar-refractivity contribution in [3.63, 3.8) is 0 Å². The second kappa shape index (κ2) is 239. The Morgan fingerprint density at radius 1 is 0.115 bits per heavy atom. The van der Waals surface area contributed by atoms with E-state index in [0.717, 1.165) is 79.0 Å². The first-order valence-electron chi connectivity index (χ1n) is 28.2. The summed E-state index contributed by atoms with van der Waals surface area (Å²) in [4.78, 5) is 120. The normalized spacial score (nSPS) is 6.87. The maximum Gasteiger partial charge on any atom is 0.327 e. The Morgan fingerprint density at radius 3 is 0.133 bits per heavy atom. The molecule has 0 aliphatic rings. The van der Waals surface area contributed by atoms with Crippen LogP contribution in [-0.2, 0) is 62.3 Å². The van der Waals surface area contributed by atoms with Crippen molar-refractivity contribution >= 4 is 77.6 Å². The summed E-state index contributed by atoms with van der Waals surface area (Å²) in [5.74, 6) is -12.8. The quantitative estimate of drug-likeness (QED) is 0.0378. The van der Waals surface area contributed by atoms with E-state index in [4.69, 9.17) is 189 Å². The summed E-state index contributed by atoms with van der Waals surface area (Å²) in [5.41, 5.74) is 0. The van der Waals surface area contributed by atoms with Crippen molar-refractivity contribution in [1.29, 1.82) is 0 Å². The summed E-state index contributed by atoms with van der Waals surface area (Å²) in [6, 6.07) is 0. The minimum absolute atomic E-state index is 0.125. The molecule has 0 aromatic heterocycles. The van der Waals surface area contributed by atoms with Crippen LogP contribution in [0.3, 0.4) is 0 Å². The molecule has 676 valence electrons. The molecule has 37 N–H and O–H groups in total. The van der Waals surface area contributed by atoms with E-state index in [1.807, 2.05) is 0 Å². The molecule has 0 bridgehead atoms. The lowest BCUT2D eigenvalue weighted by atomic mass is 10.7. The van der Waals surface area contributed by atoms with Gasteiger partial charge in [0.05, 0.1) is 159 Å². The Balaban J connectivity index is -0.0000000311. The summed E-state index contributed by atoms with van der Waals surface area (Å²) in [7, 11) is 0. The number of aliphatic hydroxyl groups excluding tert-OH is 24. The Morgan fingerprint density at radius 2 is 0.133 bits per heavy atom. The SMILES string of the molecule is C=CC(=O)O.C=CC(=O)O.C=CC(=O)O.C=CC(=O)O.C=CC(=O)O.C=CC(=O)O.C=CC(=O)O.C=CC(=O)O.C=CC(=O)O.C=CC(=O)O.C=CC(=O)O.C=CC(=O)O.C=CC(=O)O.OCCO.OCCO.OCCO.OCCO.OCCO.OCCO.OCCO.OCCO.OCCO.OCCO.OCCO.OCCO. The van der Waals surface area contributed by atoms with E-state index in [1.54, 1.807) is 0 Å². The van der Waals surface area contributed by atoms with Crippen LogP contribution in [0, 0.1) is 0 Å². The Labute approximate surface area is 650 Å². The van der Waals surface area contributed by atoms with Gasteiger partial charge in [0, 0.05) is 79.0 Å². The van der Waals surface area contributed by atoms with Crippen molar-refractivity contribution in [2.75, 3.05) is 159 Å². The van der Waals surface area contributed by atoms with Crippen LogP contribution in [0.5, 0.6) is 0 Å². The highest BCUT2D eigenvalue weighted by molar-refractivity contribution is 5.82. The highest BCUT2D eigenvalue weighted by atomic mass is 16.4. The molecule has 0 aromatic carbocycles. The zero-order valence-electron chi connectivity index (χ0n) is 62.0. The van der Waals surface area contributed by atoms with Gasteiger partial charge in [-0.1, -0.05) is 85.5 Å². The van der Waals surface area contributed by atoms with Gasteiger partial charge in [-0.3, -0.25) is 0 Å². The Kier molecular flexibility index (Phi) is 371. The molecule has 0 radical (unpaired) electrons. The summed E-state index contributed by atoms with van der Waals surface area (Å²) < 4.78 is 0. The summed E-state index contributed by atoms with van der Waals surface area (Å²) >= 11 is 0. The molecule has 0 amide bonds. The number of aliphatic carboxylic acids is 13. The number of hydrogen-bond acceptors (Lipinski definition) is 37. The maximum absolute atomic E-state index is 9.25. The first-order valence-corrected chi connectivity index (χ1v) is 28.2. The molecule has 0 rings (SSSR count). The number of carboxylic acids is 13. The van der Waals surface area contributed by atoms with Crippen LogP contribution in [0.15, 0.2) is 165 Å². The second-order valence-electron chi connectivity index (χ2n) is 12.4. The fraction of sp³-hybridized carbons (Fsp3) is 0.381. The molecule has 0 aliphatic heterocycles. The molecular weight excluding hydrogens is 1560 g/mol. The third-order valence-electron chi connectivity index (χ3n) is 3.47. The zero-order chi connectivity index (χ0) is 96.7. The molecule has 0 aromatic rings. The zero-order valence-corrected chi connectivity index (χ0v) is 62.0. The van der Waals surface area contributed by atoms with Gasteiger partial charge in [0.25, 0.3) is 0 Å². The van der Waals surface area contributed by atoms with E-state index in [9.17, 15) is 62.3 Å². The van der Waals surface area contributed by atoms with E-state index < -0.39 is 77.6 Å². The largest absolute Gasteiger partial charge is 0.478 e. The van der Waals surface area contributed by atoms with Crippen molar-refractivity contribution in [1.82, 2.24) is 0 Å². The molecular formula is C63H124O50. The topological polar surface area (TPSA) is 970 Å². The molecule has 0 atom stereocenters. The molecule has 113 heavy (non-hydrogen) atoms. The minimum Gasteiger partial charge on any atom is -0.478 e. The standard InChI is InChI=1S/13C3H4O2.12C2H6O2/c13*1-2-3(4)5;12*3-1-2-4/h13*2H,1H2,(H,4,5);12*3-4H,1-2H2. The molecule has 0 spiro atoms.